The minimum Gasteiger partial charge on any atom is -0.370 e. The molecule has 158 valence electrons. The van der Waals surface area contributed by atoms with Gasteiger partial charge in [-0.3, -0.25) is 9.36 Å². The Morgan fingerprint density at radius 3 is 2.61 bits per heavy atom. The van der Waals surface area contributed by atoms with E-state index in [1.54, 1.807) is 28.8 Å². The first kappa shape index (κ1) is 20.2. The van der Waals surface area contributed by atoms with E-state index >= 15 is 0 Å². The lowest BCUT2D eigenvalue weighted by Gasteiger charge is -2.29. The molecule has 0 bridgehead atoms. The van der Waals surface area contributed by atoms with Gasteiger partial charge in [0.15, 0.2) is 0 Å². The van der Waals surface area contributed by atoms with Crippen LogP contribution in [-0.2, 0) is 24.3 Å². The van der Waals surface area contributed by atoms with Gasteiger partial charge in [-0.2, -0.15) is 0 Å². The van der Waals surface area contributed by atoms with E-state index in [1.807, 2.05) is 44.2 Å². The quantitative estimate of drug-likeness (QED) is 0.450. The van der Waals surface area contributed by atoms with Gasteiger partial charge in [0, 0.05) is 16.3 Å². The van der Waals surface area contributed by atoms with E-state index in [0.29, 0.717) is 40.5 Å². The third kappa shape index (κ3) is 3.55. The van der Waals surface area contributed by atoms with E-state index in [1.165, 1.54) is 15.9 Å². The van der Waals surface area contributed by atoms with E-state index < -0.39 is 0 Å². The topological polar surface area (TPSA) is 53.2 Å². The number of nitrogens with zero attached hydrogens (tertiary/aromatic N) is 2. The highest BCUT2D eigenvalue weighted by Gasteiger charge is 2.32. The van der Waals surface area contributed by atoms with Crippen molar-refractivity contribution in [3.05, 3.63) is 96.5 Å². The SMILES string of the molecule is CC1(C)Cc2c(sc3c2c(=O)n(-c2cccc(Cl)c2)c(=O)n3Cc2ccccc2)CO1. The summed E-state index contributed by atoms with van der Waals surface area (Å²) >= 11 is 7.66. The molecular weight excluding hydrogens is 432 g/mol. The number of ether oxygens (including phenoxy) is 1. The van der Waals surface area contributed by atoms with Crippen molar-refractivity contribution in [2.45, 2.75) is 39.0 Å². The molecule has 0 saturated heterocycles. The van der Waals surface area contributed by atoms with Gasteiger partial charge in [0.25, 0.3) is 5.56 Å². The Kier molecular flexibility index (Phi) is 4.88. The van der Waals surface area contributed by atoms with Gasteiger partial charge in [-0.25, -0.2) is 9.36 Å². The van der Waals surface area contributed by atoms with Crippen LogP contribution >= 0.6 is 22.9 Å². The molecule has 0 N–H and O–H groups in total. The van der Waals surface area contributed by atoms with Crippen LogP contribution in [0.15, 0.2) is 64.2 Å². The van der Waals surface area contributed by atoms with Crippen molar-refractivity contribution in [1.82, 2.24) is 9.13 Å². The zero-order chi connectivity index (χ0) is 21.8. The number of aromatic nitrogens is 2. The van der Waals surface area contributed by atoms with E-state index in [4.69, 9.17) is 16.3 Å². The molecule has 5 nitrogen and oxygen atoms in total. The summed E-state index contributed by atoms with van der Waals surface area (Å²) in [6.45, 7) is 4.86. The number of rotatable bonds is 3. The van der Waals surface area contributed by atoms with E-state index in [2.05, 4.69) is 0 Å². The summed E-state index contributed by atoms with van der Waals surface area (Å²) < 4.78 is 8.92. The molecule has 2 aromatic heterocycles. The third-order valence-corrected chi connectivity index (χ3v) is 7.07. The van der Waals surface area contributed by atoms with Crippen LogP contribution in [0.25, 0.3) is 15.9 Å². The van der Waals surface area contributed by atoms with Crippen molar-refractivity contribution in [1.29, 1.82) is 0 Å². The van der Waals surface area contributed by atoms with E-state index in [0.717, 1.165) is 16.0 Å². The van der Waals surface area contributed by atoms with Crippen molar-refractivity contribution >= 4 is 33.2 Å². The summed E-state index contributed by atoms with van der Waals surface area (Å²) in [5.74, 6) is 0. The summed E-state index contributed by atoms with van der Waals surface area (Å²) in [5, 5.41) is 1.08. The predicted molar refractivity (Wildman–Crippen MR) is 125 cm³/mol. The molecule has 5 rings (SSSR count). The summed E-state index contributed by atoms with van der Waals surface area (Å²) in [6.07, 6.45) is 0.622. The molecule has 0 aliphatic carbocycles. The lowest BCUT2D eigenvalue weighted by molar-refractivity contribution is -0.0379. The number of fused-ring (bicyclic) bond motifs is 3. The highest BCUT2D eigenvalue weighted by molar-refractivity contribution is 7.18. The van der Waals surface area contributed by atoms with Crippen molar-refractivity contribution in [3.63, 3.8) is 0 Å². The monoisotopic (exact) mass is 452 g/mol. The molecule has 2 aromatic carbocycles. The largest absolute Gasteiger partial charge is 0.370 e. The predicted octanol–water partition coefficient (Wildman–Crippen LogP) is 4.77. The van der Waals surface area contributed by atoms with Crippen LogP contribution in [0.4, 0.5) is 0 Å². The molecule has 0 atom stereocenters. The van der Waals surface area contributed by atoms with E-state index in [-0.39, 0.29) is 16.9 Å². The average molecular weight is 453 g/mol. The Labute approximate surface area is 188 Å². The molecule has 4 aromatic rings. The molecule has 0 fully saturated rings. The third-order valence-electron chi connectivity index (χ3n) is 5.60. The maximum absolute atomic E-state index is 13.7. The Hall–Kier alpha value is -2.67. The number of hydrogen-bond acceptors (Lipinski definition) is 4. The van der Waals surface area contributed by atoms with Crippen molar-refractivity contribution < 1.29 is 4.74 Å². The second-order valence-corrected chi connectivity index (χ2v) is 9.90. The van der Waals surface area contributed by atoms with Crippen LogP contribution in [0, 0.1) is 0 Å². The van der Waals surface area contributed by atoms with Gasteiger partial charge in [0.1, 0.15) is 4.83 Å². The van der Waals surface area contributed by atoms with Gasteiger partial charge >= 0.3 is 5.69 Å². The Bertz CT molecular complexity index is 1420. The van der Waals surface area contributed by atoms with Gasteiger partial charge in [-0.15, -0.1) is 11.3 Å². The number of hydrogen-bond donors (Lipinski definition) is 0. The second-order valence-electron chi connectivity index (χ2n) is 8.38. The van der Waals surface area contributed by atoms with Gasteiger partial charge in [-0.05, 0) is 43.2 Å². The zero-order valence-electron chi connectivity index (χ0n) is 17.2. The molecule has 0 saturated carbocycles. The first-order valence-corrected chi connectivity index (χ1v) is 11.3. The van der Waals surface area contributed by atoms with Crippen molar-refractivity contribution in [2.75, 3.05) is 0 Å². The van der Waals surface area contributed by atoms with Crippen LogP contribution in [-0.4, -0.2) is 14.7 Å². The fourth-order valence-corrected chi connectivity index (χ4v) is 5.50. The summed E-state index contributed by atoms with van der Waals surface area (Å²) in [7, 11) is 0. The maximum atomic E-state index is 13.7. The molecule has 0 unspecified atom stereocenters. The fraction of sp³-hybridized carbons (Fsp3) is 0.250. The maximum Gasteiger partial charge on any atom is 0.337 e. The Morgan fingerprint density at radius 1 is 1.10 bits per heavy atom. The van der Waals surface area contributed by atoms with Crippen molar-refractivity contribution in [2.24, 2.45) is 0 Å². The first-order chi connectivity index (χ1) is 14.8. The minimum atomic E-state index is -0.373. The number of benzene rings is 2. The molecule has 1 aliphatic rings. The lowest BCUT2D eigenvalue weighted by Crippen LogP contribution is -2.39. The highest BCUT2D eigenvalue weighted by atomic mass is 35.5. The standard InChI is InChI=1S/C24H21ClN2O3S/c1-24(2)12-18-19(14-30-24)31-22-20(18)21(28)27(17-10-6-9-16(25)11-17)23(29)26(22)13-15-7-4-3-5-8-15/h3-11H,12-14H2,1-2H3. The Balaban J connectivity index is 1.85. The molecule has 0 spiro atoms. The molecular formula is C24H21ClN2O3S. The van der Waals surface area contributed by atoms with Crippen LogP contribution < -0.4 is 11.2 Å². The normalized spacial score (nSPS) is 15.2. The van der Waals surface area contributed by atoms with E-state index in [9.17, 15) is 9.59 Å². The minimum absolute atomic E-state index is 0.304. The van der Waals surface area contributed by atoms with Crippen molar-refractivity contribution in [3.8, 4) is 5.69 Å². The van der Waals surface area contributed by atoms with Crippen LogP contribution in [0.2, 0.25) is 5.02 Å². The second kappa shape index (κ2) is 7.48. The number of halogens is 1. The molecule has 7 heteroatoms. The van der Waals surface area contributed by atoms with Crippen LogP contribution in [0.3, 0.4) is 0 Å². The summed E-state index contributed by atoms with van der Waals surface area (Å²) in [6, 6.07) is 16.6. The Morgan fingerprint density at radius 2 is 1.87 bits per heavy atom. The summed E-state index contributed by atoms with van der Waals surface area (Å²) in [5.41, 5.74) is 1.40. The average Bonchev–Trinajstić information content (AvgIpc) is 3.10. The zero-order valence-corrected chi connectivity index (χ0v) is 18.8. The van der Waals surface area contributed by atoms with Crippen LogP contribution in [0.5, 0.6) is 0 Å². The molecule has 3 heterocycles. The highest BCUT2D eigenvalue weighted by Crippen LogP contribution is 2.37. The van der Waals surface area contributed by atoms with Gasteiger partial charge in [-0.1, -0.05) is 48.0 Å². The van der Waals surface area contributed by atoms with Gasteiger partial charge in [0.05, 0.1) is 29.8 Å². The smallest absolute Gasteiger partial charge is 0.337 e. The molecule has 0 radical (unpaired) electrons. The first-order valence-electron chi connectivity index (χ1n) is 10.1. The fourth-order valence-electron chi connectivity index (χ4n) is 4.10. The van der Waals surface area contributed by atoms with Gasteiger partial charge < -0.3 is 4.74 Å². The molecule has 0 amide bonds. The molecule has 31 heavy (non-hydrogen) atoms. The number of thiophene rings is 1. The summed E-state index contributed by atoms with van der Waals surface area (Å²) in [4.78, 5) is 29.0. The van der Waals surface area contributed by atoms with Crippen LogP contribution in [0.1, 0.15) is 29.9 Å². The molecule has 1 aliphatic heterocycles. The lowest BCUT2D eigenvalue weighted by atomic mass is 9.94. The van der Waals surface area contributed by atoms with Gasteiger partial charge in [0.2, 0.25) is 0 Å².